The van der Waals surface area contributed by atoms with Crippen LogP contribution in [0.2, 0.25) is 6.04 Å². The minimum absolute atomic E-state index is 1.07. The lowest BCUT2D eigenvalue weighted by molar-refractivity contribution is -0.671. The summed E-state index contributed by atoms with van der Waals surface area (Å²) in [4.78, 5) is 0. The number of hydrogen-bond acceptors (Lipinski definition) is 0. The van der Waals surface area contributed by atoms with Crippen molar-refractivity contribution < 1.29 is 4.57 Å². The number of aryl methyl sites for hydroxylation is 2. The minimum atomic E-state index is 1.07. The lowest BCUT2D eigenvalue weighted by Crippen LogP contribution is -2.23. The van der Waals surface area contributed by atoms with Gasteiger partial charge in [-0.3, -0.25) is 0 Å². The van der Waals surface area contributed by atoms with Crippen LogP contribution < -0.4 is 4.57 Å². The molecule has 0 atom stereocenters. The number of imidazole rings is 1. The summed E-state index contributed by atoms with van der Waals surface area (Å²) in [7, 11) is 5.47. The Hall–Kier alpha value is -0.573. The van der Waals surface area contributed by atoms with Gasteiger partial charge in [-0.05, 0) is 6.42 Å². The molecule has 3 heteroatoms. The van der Waals surface area contributed by atoms with Crippen LogP contribution in [0.3, 0.4) is 0 Å². The molecule has 0 saturated heterocycles. The summed E-state index contributed by atoms with van der Waals surface area (Å²) in [5, 5.41) is 0. The van der Waals surface area contributed by atoms with Gasteiger partial charge in [0.2, 0.25) is 6.33 Å². The van der Waals surface area contributed by atoms with Gasteiger partial charge >= 0.3 is 0 Å². The van der Waals surface area contributed by atoms with E-state index in [1.165, 1.54) is 6.42 Å². The molecule has 0 N–H and O–H groups in total. The van der Waals surface area contributed by atoms with Crippen LogP contribution in [0, 0.1) is 0 Å². The molecule has 0 aliphatic rings. The van der Waals surface area contributed by atoms with Crippen LogP contribution in [-0.2, 0) is 13.6 Å². The molecule has 0 saturated carbocycles. The molecule has 0 aliphatic heterocycles. The third kappa shape index (κ3) is 1.99. The lowest BCUT2D eigenvalue weighted by Gasteiger charge is -1.90. The summed E-state index contributed by atoms with van der Waals surface area (Å²) in [6.45, 7) is 1.10. The molecule has 0 aromatic carbocycles. The van der Waals surface area contributed by atoms with Gasteiger partial charge < -0.3 is 0 Å². The fourth-order valence-electron chi connectivity index (χ4n) is 0.896. The normalized spacial score (nSPS) is 10.2. The maximum atomic E-state index is 3.44. The average Bonchev–Trinajstić information content (AvgIpc) is 2.31. The van der Waals surface area contributed by atoms with Crippen molar-refractivity contribution in [2.45, 2.75) is 19.0 Å². The SMILES string of the molecule is C[n+]1ccn(CCC[Si])c1. The maximum absolute atomic E-state index is 3.44. The van der Waals surface area contributed by atoms with E-state index in [1.807, 2.05) is 17.8 Å². The summed E-state index contributed by atoms with van der Waals surface area (Å²) >= 11 is 0. The highest BCUT2D eigenvalue weighted by atomic mass is 28.1. The molecule has 1 aromatic heterocycles. The fraction of sp³-hybridized carbons (Fsp3) is 0.571. The van der Waals surface area contributed by atoms with Crippen LogP contribution in [0.15, 0.2) is 18.7 Å². The van der Waals surface area contributed by atoms with E-state index >= 15 is 0 Å². The molecule has 53 valence electrons. The van der Waals surface area contributed by atoms with Crippen molar-refractivity contribution in [3.05, 3.63) is 18.7 Å². The van der Waals surface area contributed by atoms with Gasteiger partial charge in [0.15, 0.2) is 0 Å². The molecule has 0 fully saturated rings. The first kappa shape index (κ1) is 7.53. The summed E-state index contributed by atoms with van der Waals surface area (Å²) in [5.74, 6) is 0. The van der Waals surface area contributed by atoms with E-state index in [9.17, 15) is 0 Å². The van der Waals surface area contributed by atoms with Crippen LogP contribution in [0.25, 0.3) is 0 Å². The molecule has 0 aliphatic carbocycles. The van der Waals surface area contributed by atoms with E-state index < -0.39 is 0 Å². The second-order valence-corrected chi connectivity index (χ2v) is 2.92. The molecule has 0 amide bonds. The molecule has 2 nitrogen and oxygen atoms in total. The zero-order chi connectivity index (χ0) is 7.40. The van der Waals surface area contributed by atoms with E-state index in [0.717, 1.165) is 12.6 Å². The predicted octanol–water partition coefficient (Wildman–Crippen LogP) is 0.289. The van der Waals surface area contributed by atoms with Crippen molar-refractivity contribution in [3.63, 3.8) is 0 Å². The number of rotatable bonds is 3. The van der Waals surface area contributed by atoms with Gasteiger partial charge in [-0.2, -0.15) is 0 Å². The van der Waals surface area contributed by atoms with Gasteiger partial charge in [0.25, 0.3) is 0 Å². The van der Waals surface area contributed by atoms with Gasteiger partial charge in [-0.15, -0.1) is 0 Å². The van der Waals surface area contributed by atoms with E-state index in [4.69, 9.17) is 0 Å². The Kier molecular flexibility index (Phi) is 2.68. The van der Waals surface area contributed by atoms with Crippen LogP contribution >= 0.6 is 0 Å². The Labute approximate surface area is 64.9 Å². The molecule has 0 spiro atoms. The van der Waals surface area contributed by atoms with E-state index in [2.05, 4.69) is 27.3 Å². The zero-order valence-electron chi connectivity index (χ0n) is 6.25. The van der Waals surface area contributed by atoms with E-state index in [0.29, 0.717) is 0 Å². The monoisotopic (exact) mass is 152 g/mol. The molecule has 0 bridgehead atoms. The van der Waals surface area contributed by atoms with E-state index in [1.54, 1.807) is 0 Å². The predicted molar refractivity (Wildman–Crippen MR) is 40.8 cm³/mol. The van der Waals surface area contributed by atoms with Crippen LogP contribution in [0.4, 0.5) is 0 Å². The zero-order valence-corrected chi connectivity index (χ0v) is 7.25. The molecule has 1 heterocycles. The Morgan fingerprint density at radius 2 is 2.40 bits per heavy atom. The Balaban J connectivity index is 2.42. The Morgan fingerprint density at radius 3 is 2.90 bits per heavy atom. The van der Waals surface area contributed by atoms with Gasteiger partial charge in [0.1, 0.15) is 12.4 Å². The molecule has 1 aromatic rings. The summed E-state index contributed by atoms with van der Waals surface area (Å²) < 4.78 is 4.23. The van der Waals surface area contributed by atoms with Crippen LogP contribution in [0.1, 0.15) is 6.42 Å². The number of hydrogen-bond donors (Lipinski definition) is 0. The first-order chi connectivity index (χ1) is 4.83. The molecule has 0 unspecified atom stereocenters. The van der Waals surface area contributed by atoms with Crippen molar-refractivity contribution >= 4 is 10.2 Å². The fourth-order valence-corrected chi connectivity index (χ4v) is 1.05. The highest BCUT2D eigenvalue weighted by molar-refractivity contribution is 6.08. The van der Waals surface area contributed by atoms with Crippen molar-refractivity contribution in [2.24, 2.45) is 7.05 Å². The van der Waals surface area contributed by atoms with Gasteiger partial charge in [0, 0.05) is 10.2 Å². The minimum Gasteiger partial charge on any atom is -0.240 e. The van der Waals surface area contributed by atoms with Gasteiger partial charge in [0.05, 0.1) is 13.6 Å². The summed E-state index contributed by atoms with van der Waals surface area (Å²) in [6, 6.07) is 1.07. The highest BCUT2D eigenvalue weighted by Gasteiger charge is 1.96. The van der Waals surface area contributed by atoms with Gasteiger partial charge in [-0.1, -0.05) is 6.04 Å². The maximum Gasteiger partial charge on any atom is 0.243 e. The second kappa shape index (κ2) is 3.56. The molecule has 1 rings (SSSR count). The number of aromatic nitrogens is 2. The highest BCUT2D eigenvalue weighted by Crippen LogP contribution is 1.90. The van der Waals surface area contributed by atoms with Gasteiger partial charge in [-0.25, -0.2) is 9.13 Å². The summed E-state index contributed by atoms with van der Waals surface area (Å²) in [5.41, 5.74) is 0. The topological polar surface area (TPSA) is 8.81 Å². The van der Waals surface area contributed by atoms with E-state index in [-0.39, 0.29) is 0 Å². The molecular weight excluding hydrogens is 140 g/mol. The first-order valence-corrected chi connectivity index (χ1v) is 4.19. The molecule has 10 heavy (non-hydrogen) atoms. The Morgan fingerprint density at radius 1 is 1.60 bits per heavy atom. The largest absolute Gasteiger partial charge is 0.243 e. The summed E-state index contributed by atoms with van der Waals surface area (Å²) in [6.07, 6.45) is 7.41. The average molecular weight is 152 g/mol. The quantitative estimate of drug-likeness (QED) is 0.435. The second-order valence-electron chi connectivity index (χ2n) is 2.42. The number of nitrogens with zero attached hydrogens (tertiary/aromatic N) is 2. The first-order valence-electron chi connectivity index (χ1n) is 3.48. The smallest absolute Gasteiger partial charge is 0.240 e. The van der Waals surface area contributed by atoms with Crippen molar-refractivity contribution in [3.8, 4) is 0 Å². The van der Waals surface area contributed by atoms with Crippen LogP contribution in [-0.4, -0.2) is 14.8 Å². The van der Waals surface area contributed by atoms with Crippen LogP contribution in [0.5, 0.6) is 0 Å². The van der Waals surface area contributed by atoms with Crippen molar-refractivity contribution in [1.29, 1.82) is 0 Å². The molecule has 3 radical (unpaired) electrons. The molecular formula is C7H12N2Si+. The third-order valence-corrected chi connectivity index (χ3v) is 1.77. The standard InChI is InChI=1S/C7H12N2Si/c1-8-4-5-9(7-8)3-2-6-10/h4-5,7H,2-3,6H2,1H3/q+1. The van der Waals surface area contributed by atoms with Crippen molar-refractivity contribution in [2.75, 3.05) is 0 Å². The van der Waals surface area contributed by atoms with Crippen molar-refractivity contribution in [1.82, 2.24) is 4.57 Å². The Bertz CT molecular complexity index is 195. The third-order valence-electron chi connectivity index (χ3n) is 1.42. The lowest BCUT2D eigenvalue weighted by atomic mass is 10.5.